The lowest BCUT2D eigenvalue weighted by Gasteiger charge is -2.20. The largest absolute Gasteiger partial charge is 0.482 e. The Labute approximate surface area is 122 Å². The summed E-state index contributed by atoms with van der Waals surface area (Å²) in [6, 6.07) is 7.57. The zero-order valence-corrected chi connectivity index (χ0v) is 11.5. The fraction of sp³-hybridized carbons (Fsp3) is 0.267. The predicted octanol–water partition coefficient (Wildman–Crippen LogP) is 1.85. The van der Waals surface area contributed by atoms with E-state index >= 15 is 0 Å². The lowest BCUT2D eigenvalue weighted by Crippen LogP contribution is -2.22. The van der Waals surface area contributed by atoms with E-state index in [1.54, 1.807) is 18.5 Å². The minimum atomic E-state index is -0.283. The van der Waals surface area contributed by atoms with Crippen molar-refractivity contribution < 1.29 is 9.53 Å². The Kier molecular flexibility index (Phi) is 3.95. The molecule has 2 aromatic rings. The summed E-state index contributed by atoms with van der Waals surface area (Å²) in [4.78, 5) is 19.7. The number of amides is 1. The van der Waals surface area contributed by atoms with Crippen LogP contribution >= 0.6 is 0 Å². The molecule has 3 rings (SSSR count). The summed E-state index contributed by atoms with van der Waals surface area (Å²) in [6.07, 6.45) is 5.29. The van der Waals surface area contributed by atoms with E-state index < -0.39 is 0 Å². The molecule has 21 heavy (non-hydrogen) atoms. The second kappa shape index (κ2) is 6.21. The molecule has 0 aliphatic carbocycles. The summed E-state index contributed by atoms with van der Waals surface area (Å²) < 4.78 is 5.61. The van der Waals surface area contributed by atoms with Crippen LogP contribution in [-0.4, -0.2) is 29.0 Å². The van der Waals surface area contributed by atoms with E-state index in [1.807, 2.05) is 12.1 Å². The maximum Gasteiger partial charge on any atom is 0.264 e. The Morgan fingerprint density at radius 1 is 1.29 bits per heavy atom. The highest BCUT2D eigenvalue weighted by Crippen LogP contribution is 2.31. The number of benzene rings is 1. The number of hydrogen-bond donors (Lipinski definition) is 2. The Hall–Kier alpha value is -2.63. The van der Waals surface area contributed by atoms with Gasteiger partial charge in [0, 0.05) is 18.9 Å². The number of carbonyl (C=O) groups is 1. The first kappa shape index (κ1) is 13.4. The highest BCUT2D eigenvalue weighted by Gasteiger charge is 2.14. The van der Waals surface area contributed by atoms with Crippen molar-refractivity contribution in [2.24, 2.45) is 0 Å². The molecule has 1 aliphatic heterocycles. The van der Waals surface area contributed by atoms with Crippen molar-refractivity contribution >= 4 is 17.5 Å². The van der Waals surface area contributed by atoms with Crippen molar-refractivity contribution in [1.29, 1.82) is 0 Å². The van der Waals surface area contributed by atoms with Gasteiger partial charge in [0.15, 0.2) is 6.61 Å². The van der Waals surface area contributed by atoms with E-state index in [0.717, 1.165) is 25.1 Å². The maximum absolute atomic E-state index is 11.8. The van der Waals surface area contributed by atoms with Crippen molar-refractivity contribution in [2.75, 3.05) is 23.8 Å². The number of aryl methyl sites for hydroxylation is 1. The van der Waals surface area contributed by atoms with Gasteiger partial charge in [0.1, 0.15) is 5.75 Å². The van der Waals surface area contributed by atoms with Crippen LogP contribution in [0.2, 0.25) is 0 Å². The highest BCUT2D eigenvalue weighted by molar-refractivity contribution is 5.90. The minimum Gasteiger partial charge on any atom is -0.482 e. The molecule has 0 saturated heterocycles. The Balaban J connectivity index is 1.61. The van der Waals surface area contributed by atoms with Gasteiger partial charge in [-0.1, -0.05) is 12.1 Å². The summed E-state index contributed by atoms with van der Waals surface area (Å²) in [6.45, 7) is 0.855. The van der Waals surface area contributed by atoms with Crippen molar-refractivity contribution in [3.8, 4) is 5.75 Å². The predicted molar refractivity (Wildman–Crippen MR) is 79.4 cm³/mol. The summed E-state index contributed by atoms with van der Waals surface area (Å²) in [5.41, 5.74) is 2.22. The summed E-state index contributed by atoms with van der Waals surface area (Å²) in [7, 11) is 0. The molecule has 1 amide bonds. The van der Waals surface area contributed by atoms with Gasteiger partial charge in [-0.25, -0.2) is 9.97 Å². The van der Waals surface area contributed by atoms with E-state index in [-0.39, 0.29) is 18.5 Å². The van der Waals surface area contributed by atoms with Crippen LogP contribution in [0.15, 0.2) is 36.7 Å². The molecule has 2 heterocycles. The molecule has 0 bridgehead atoms. The Morgan fingerprint density at radius 2 is 2.14 bits per heavy atom. The first-order chi connectivity index (χ1) is 10.3. The third kappa shape index (κ3) is 3.28. The molecule has 2 N–H and O–H groups in total. The van der Waals surface area contributed by atoms with Crippen LogP contribution in [-0.2, 0) is 11.2 Å². The number of ether oxygens (including phenoxy) is 1. The maximum atomic E-state index is 11.8. The summed E-state index contributed by atoms with van der Waals surface area (Å²) in [5.74, 6) is 0.699. The Bertz CT molecular complexity index is 631. The molecular formula is C15H16N4O2. The molecule has 0 atom stereocenters. The van der Waals surface area contributed by atoms with Crippen LogP contribution in [0.5, 0.6) is 5.75 Å². The van der Waals surface area contributed by atoms with Crippen LogP contribution in [0.4, 0.5) is 11.6 Å². The number of nitrogens with zero attached hydrogens (tertiary/aromatic N) is 2. The molecule has 1 aromatic carbocycles. The van der Waals surface area contributed by atoms with Crippen molar-refractivity contribution in [3.63, 3.8) is 0 Å². The third-order valence-corrected chi connectivity index (χ3v) is 3.21. The number of nitrogens with one attached hydrogen (secondary N) is 2. The van der Waals surface area contributed by atoms with Crippen molar-refractivity contribution in [1.82, 2.24) is 9.97 Å². The van der Waals surface area contributed by atoms with E-state index in [2.05, 4.69) is 26.7 Å². The molecule has 0 unspecified atom stereocenters. The van der Waals surface area contributed by atoms with E-state index in [1.165, 1.54) is 5.56 Å². The number of anilines is 2. The average Bonchev–Trinajstić information content (AvgIpc) is 2.54. The molecule has 108 valence electrons. The van der Waals surface area contributed by atoms with Gasteiger partial charge in [0.2, 0.25) is 5.95 Å². The van der Waals surface area contributed by atoms with Gasteiger partial charge in [0.05, 0.1) is 5.69 Å². The molecule has 6 nitrogen and oxygen atoms in total. The van der Waals surface area contributed by atoms with Crippen LogP contribution in [0.3, 0.4) is 0 Å². The molecule has 0 radical (unpaired) electrons. The SMILES string of the molecule is O=C(COc1cccc2c1NCCC2)Nc1ncccn1. The van der Waals surface area contributed by atoms with Crippen LogP contribution in [0.25, 0.3) is 0 Å². The standard InChI is InChI=1S/C15H16N4O2/c20-13(19-15-17-8-3-9-18-15)10-21-12-6-1-4-11-5-2-7-16-14(11)12/h1,3-4,6,8-9,16H,2,5,7,10H2,(H,17,18,19,20). The number of carbonyl (C=O) groups excluding carboxylic acids is 1. The number of hydrogen-bond acceptors (Lipinski definition) is 5. The van der Waals surface area contributed by atoms with Crippen LogP contribution < -0.4 is 15.4 Å². The summed E-state index contributed by atoms with van der Waals surface area (Å²) in [5, 5.41) is 5.91. The second-order valence-corrected chi connectivity index (χ2v) is 4.73. The fourth-order valence-corrected chi connectivity index (χ4v) is 2.27. The van der Waals surface area contributed by atoms with Crippen molar-refractivity contribution in [3.05, 3.63) is 42.2 Å². The van der Waals surface area contributed by atoms with Gasteiger partial charge in [-0.15, -0.1) is 0 Å². The van der Waals surface area contributed by atoms with Gasteiger partial charge in [-0.3, -0.25) is 10.1 Å². The molecular weight excluding hydrogens is 268 g/mol. The van der Waals surface area contributed by atoms with E-state index in [0.29, 0.717) is 5.75 Å². The van der Waals surface area contributed by atoms with Gasteiger partial charge in [0.25, 0.3) is 5.91 Å². The Morgan fingerprint density at radius 3 is 3.00 bits per heavy atom. The molecule has 1 aliphatic rings. The monoisotopic (exact) mass is 284 g/mol. The van der Waals surface area contributed by atoms with E-state index in [4.69, 9.17) is 4.74 Å². The molecule has 6 heteroatoms. The minimum absolute atomic E-state index is 0.0730. The first-order valence-corrected chi connectivity index (χ1v) is 6.88. The lowest BCUT2D eigenvalue weighted by molar-refractivity contribution is -0.118. The molecule has 0 spiro atoms. The second-order valence-electron chi connectivity index (χ2n) is 4.73. The third-order valence-electron chi connectivity index (χ3n) is 3.21. The zero-order chi connectivity index (χ0) is 14.5. The van der Waals surface area contributed by atoms with Gasteiger partial charge in [-0.2, -0.15) is 0 Å². The average molecular weight is 284 g/mol. The first-order valence-electron chi connectivity index (χ1n) is 6.88. The smallest absolute Gasteiger partial charge is 0.264 e. The topological polar surface area (TPSA) is 76.1 Å². The van der Waals surface area contributed by atoms with Crippen molar-refractivity contribution in [2.45, 2.75) is 12.8 Å². The lowest BCUT2D eigenvalue weighted by atomic mass is 10.0. The van der Waals surface area contributed by atoms with Gasteiger partial charge < -0.3 is 10.1 Å². The molecule has 0 fully saturated rings. The molecule has 0 saturated carbocycles. The van der Waals surface area contributed by atoms with E-state index in [9.17, 15) is 4.79 Å². The zero-order valence-electron chi connectivity index (χ0n) is 11.5. The van der Waals surface area contributed by atoms with Crippen LogP contribution in [0, 0.1) is 0 Å². The fourth-order valence-electron chi connectivity index (χ4n) is 2.27. The van der Waals surface area contributed by atoms with Gasteiger partial charge in [-0.05, 0) is 30.5 Å². The number of aromatic nitrogens is 2. The normalized spacial score (nSPS) is 13.0. The molecule has 1 aromatic heterocycles. The number of para-hydroxylation sites is 1. The number of fused-ring (bicyclic) bond motifs is 1. The highest BCUT2D eigenvalue weighted by atomic mass is 16.5. The van der Waals surface area contributed by atoms with Crippen LogP contribution in [0.1, 0.15) is 12.0 Å². The summed E-state index contributed by atoms with van der Waals surface area (Å²) >= 11 is 0. The quantitative estimate of drug-likeness (QED) is 0.896. The number of rotatable bonds is 4. The van der Waals surface area contributed by atoms with Gasteiger partial charge >= 0.3 is 0 Å².